The molecule has 0 aliphatic heterocycles. The van der Waals surface area contributed by atoms with Crippen LogP contribution in [0.1, 0.15) is 70.6 Å². The van der Waals surface area contributed by atoms with Crippen LogP contribution in [0.5, 0.6) is 0 Å². The van der Waals surface area contributed by atoms with Gasteiger partial charge in [0.2, 0.25) is 0 Å². The molecule has 0 aromatic carbocycles. The average Bonchev–Trinajstić information content (AvgIpc) is 2.24. The molecule has 1 aliphatic rings. The van der Waals surface area contributed by atoms with Crippen molar-refractivity contribution in [3.63, 3.8) is 0 Å². The molecule has 0 saturated heterocycles. The van der Waals surface area contributed by atoms with E-state index in [9.17, 15) is 0 Å². The minimum atomic E-state index is 0.894. The Bertz CT molecular complexity index is 110. The smallest absolute Gasteiger partial charge is 0.00746 e. The van der Waals surface area contributed by atoms with Crippen molar-refractivity contribution < 1.29 is 0 Å². The molecule has 1 heteroatoms. The number of hydrogen-bond acceptors (Lipinski definition) is 1. The number of rotatable bonds is 2. The van der Waals surface area contributed by atoms with Gasteiger partial charge in [-0.2, -0.15) is 0 Å². The summed E-state index contributed by atoms with van der Waals surface area (Å²) >= 11 is 0. The average molecular weight is 197 g/mol. The second-order valence-corrected chi connectivity index (χ2v) is 4.85. The fourth-order valence-electron chi connectivity index (χ4n) is 2.60. The monoisotopic (exact) mass is 197 g/mol. The molecule has 0 aromatic rings. The van der Waals surface area contributed by atoms with Crippen LogP contribution < -0.4 is 5.73 Å². The van der Waals surface area contributed by atoms with E-state index in [1.165, 1.54) is 70.6 Å². The summed E-state index contributed by atoms with van der Waals surface area (Å²) in [6.45, 7) is 0.894. The summed E-state index contributed by atoms with van der Waals surface area (Å²) in [5.74, 6) is 0.943. The summed E-state index contributed by atoms with van der Waals surface area (Å²) in [5, 5.41) is 0. The molecule has 0 spiro atoms. The van der Waals surface area contributed by atoms with E-state index >= 15 is 0 Å². The Hall–Kier alpha value is -0.0400. The van der Waals surface area contributed by atoms with Crippen molar-refractivity contribution in [3.8, 4) is 0 Å². The predicted molar refractivity (Wildman–Crippen MR) is 63.3 cm³/mol. The second-order valence-electron chi connectivity index (χ2n) is 4.85. The first-order valence-electron chi connectivity index (χ1n) is 6.63. The van der Waals surface area contributed by atoms with Crippen molar-refractivity contribution in [3.05, 3.63) is 0 Å². The summed E-state index contributed by atoms with van der Waals surface area (Å²) in [6.07, 6.45) is 15.8. The molecule has 0 atom stereocenters. The highest BCUT2D eigenvalue weighted by molar-refractivity contribution is 4.62. The lowest BCUT2D eigenvalue weighted by Gasteiger charge is -2.14. The normalized spacial score (nSPS) is 22.9. The Morgan fingerprint density at radius 3 is 1.57 bits per heavy atom. The molecule has 1 fully saturated rings. The number of nitrogens with two attached hydrogens (primary N) is 1. The maximum absolute atomic E-state index is 5.65. The van der Waals surface area contributed by atoms with E-state index in [1.54, 1.807) is 0 Å². The highest BCUT2D eigenvalue weighted by Gasteiger charge is 2.08. The molecule has 0 aromatic heterocycles. The lowest BCUT2D eigenvalue weighted by molar-refractivity contribution is 0.394. The topological polar surface area (TPSA) is 26.0 Å². The van der Waals surface area contributed by atoms with Gasteiger partial charge in [-0.3, -0.25) is 0 Å². The van der Waals surface area contributed by atoms with Gasteiger partial charge in [0.05, 0.1) is 0 Å². The van der Waals surface area contributed by atoms with Crippen LogP contribution in [0.3, 0.4) is 0 Å². The van der Waals surface area contributed by atoms with Gasteiger partial charge in [0.25, 0.3) is 0 Å². The zero-order valence-electron chi connectivity index (χ0n) is 9.64. The van der Waals surface area contributed by atoms with Crippen molar-refractivity contribution in [2.45, 2.75) is 70.6 Å². The molecule has 0 heterocycles. The third kappa shape index (κ3) is 5.64. The van der Waals surface area contributed by atoms with E-state index in [0.717, 1.165) is 12.5 Å². The lowest BCUT2D eigenvalue weighted by Crippen LogP contribution is -2.08. The minimum Gasteiger partial charge on any atom is -0.330 e. The van der Waals surface area contributed by atoms with Gasteiger partial charge >= 0.3 is 0 Å². The molecule has 0 unspecified atom stereocenters. The van der Waals surface area contributed by atoms with Crippen molar-refractivity contribution in [2.75, 3.05) is 6.54 Å². The molecule has 1 aliphatic carbocycles. The van der Waals surface area contributed by atoms with Crippen molar-refractivity contribution >= 4 is 0 Å². The molecule has 0 bridgehead atoms. The Morgan fingerprint density at radius 2 is 1.14 bits per heavy atom. The van der Waals surface area contributed by atoms with Crippen LogP contribution in [0, 0.1) is 5.92 Å². The Morgan fingerprint density at radius 1 is 0.714 bits per heavy atom. The van der Waals surface area contributed by atoms with Crippen LogP contribution in [0.4, 0.5) is 0 Å². The third-order valence-corrected chi connectivity index (χ3v) is 3.55. The van der Waals surface area contributed by atoms with Crippen LogP contribution in [0.15, 0.2) is 0 Å². The van der Waals surface area contributed by atoms with Crippen LogP contribution in [0.25, 0.3) is 0 Å². The molecule has 14 heavy (non-hydrogen) atoms. The third-order valence-electron chi connectivity index (χ3n) is 3.55. The van der Waals surface area contributed by atoms with Gasteiger partial charge in [-0.25, -0.2) is 0 Å². The summed E-state index contributed by atoms with van der Waals surface area (Å²) < 4.78 is 0. The molecule has 1 nitrogen and oxygen atoms in total. The summed E-state index contributed by atoms with van der Waals surface area (Å²) in [4.78, 5) is 0. The van der Waals surface area contributed by atoms with Gasteiger partial charge in [-0.15, -0.1) is 0 Å². The Labute approximate surface area is 89.5 Å². The van der Waals surface area contributed by atoms with E-state index in [-0.39, 0.29) is 0 Å². The molecule has 1 rings (SSSR count). The van der Waals surface area contributed by atoms with Gasteiger partial charge in [0, 0.05) is 0 Å². The minimum absolute atomic E-state index is 0.894. The van der Waals surface area contributed by atoms with E-state index in [0.29, 0.717) is 0 Å². The SMILES string of the molecule is NCCC1CCCCCCCCCC1. The highest BCUT2D eigenvalue weighted by atomic mass is 14.5. The highest BCUT2D eigenvalue weighted by Crippen LogP contribution is 2.22. The largest absolute Gasteiger partial charge is 0.330 e. The first-order valence-corrected chi connectivity index (χ1v) is 6.63. The van der Waals surface area contributed by atoms with Gasteiger partial charge in [0.15, 0.2) is 0 Å². The molecular formula is C13H27N. The van der Waals surface area contributed by atoms with E-state index in [1.807, 2.05) is 0 Å². The Kier molecular flexibility index (Phi) is 7.12. The Balaban J connectivity index is 2.20. The molecule has 2 N–H and O–H groups in total. The van der Waals surface area contributed by atoms with Crippen LogP contribution >= 0.6 is 0 Å². The quantitative estimate of drug-likeness (QED) is 0.714. The second kappa shape index (κ2) is 8.28. The van der Waals surface area contributed by atoms with Crippen molar-refractivity contribution in [2.24, 2.45) is 11.7 Å². The van der Waals surface area contributed by atoms with Gasteiger partial charge in [-0.1, -0.05) is 64.2 Å². The summed E-state index contributed by atoms with van der Waals surface area (Å²) in [6, 6.07) is 0. The van der Waals surface area contributed by atoms with Crippen molar-refractivity contribution in [1.82, 2.24) is 0 Å². The van der Waals surface area contributed by atoms with Crippen LogP contribution in [0.2, 0.25) is 0 Å². The van der Waals surface area contributed by atoms with Crippen LogP contribution in [-0.4, -0.2) is 6.54 Å². The van der Waals surface area contributed by atoms with Gasteiger partial charge in [0.1, 0.15) is 0 Å². The first-order chi connectivity index (χ1) is 6.93. The van der Waals surface area contributed by atoms with E-state index in [4.69, 9.17) is 5.73 Å². The van der Waals surface area contributed by atoms with Gasteiger partial charge < -0.3 is 5.73 Å². The van der Waals surface area contributed by atoms with E-state index < -0.39 is 0 Å². The molecular weight excluding hydrogens is 170 g/mol. The number of hydrogen-bond donors (Lipinski definition) is 1. The lowest BCUT2D eigenvalue weighted by atomic mass is 9.92. The summed E-state index contributed by atoms with van der Waals surface area (Å²) in [5.41, 5.74) is 5.65. The molecule has 0 amide bonds. The molecule has 84 valence electrons. The zero-order valence-corrected chi connectivity index (χ0v) is 9.64. The fraction of sp³-hybridized carbons (Fsp3) is 1.00. The van der Waals surface area contributed by atoms with Gasteiger partial charge in [-0.05, 0) is 18.9 Å². The maximum atomic E-state index is 5.65. The van der Waals surface area contributed by atoms with E-state index in [2.05, 4.69) is 0 Å². The molecule has 0 radical (unpaired) electrons. The fourth-order valence-corrected chi connectivity index (χ4v) is 2.60. The maximum Gasteiger partial charge on any atom is -0.00746 e. The standard InChI is InChI=1S/C13H27N/c14-12-11-13-9-7-5-3-1-2-4-6-8-10-13/h13H,1-12,14H2. The van der Waals surface area contributed by atoms with Crippen molar-refractivity contribution in [1.29, 1.82) is 0 Å². The summed E-state index contributed by atoms with van der Waals surface area (Å²) in [7, 11) is 0. The first kappa shape index (κ1) is 12.0. The van der Waals surface area contributed by atoms with Crippen LogP contribution in [-0.2, 0) is 0 Å². The zero-order chi connectivity index (χ0) is 10.1. The predicted octanol–water partition coefficient (Wildman–Crippen LogP) is 3.87. The molecule has 1 saturated carbocycles.